The summed E-state index contributed by atoms with van der Waals surface area (Å²) in [4.78, 5) is 0. The van der Waals surface area contributed by atoms with E-state index in [1.54, 1.807) is 0 Å². The third-order valence-electron chi connectivity index (χ3n) is 3.67. The first kappa shape index (κ1) is 12.0. The second kappa shape index (κ2) is 5.13. The SMILES string of the molecule is CCC(C)CC(CN)(CO)CC1CC1. The van der Waals surface area contributed by atoms with E-state index < -0.39 is 0 Å². The number of nitrogens with two attached hydrogens (primary N) is 1. The first-order valence-corrected chi connectivity index (χ1v) is 5.96. The molecule has 0 aromatic carbocycles. The summed E-state index contributed by atoms with van der Waals surface area (Å²) in [6.07, 6.45) is 6.12. The molecule has 0 radical (unpaired) electrons. The lowest BCUT2D eigenvalue weighted by Crippen LogP contribution is -2.36. The van der Waals surface area contributed by atoms with Gasteiger partial charge in [-0.1, -0.05) is 33.1 Å². The molecule has 1 rings (SSSR count). The van der Waals surface area contributed by atoms with Crippen molar-refractivity contribution in [3.05, 3.63) is 0 Å². The van der Waals surface area contributed by atoms with Crippen molar-refractivity contribution in [3.63, 3.8) is 0 Å². The number of aliphatic hydroxyl groups excluding tert-OH is 1. The number of aliphatic hydroxyl groups is 1. The van der Waals surface area contributed by atoms with E-state index in [9.17, 15) is 5.11 Å². The van der Waals surface area contributed by atoms with Gasteiger partial charge in [0.25, 0.3) is 0 Å². The fourth-order valence-corrected chi connectivity index (χ4v) is 2.26. The minimum Gasteiger partial charge on any atom is -0.396 e. The van der Waals surface area contributed by atoms with E-state index in [0.717, 1.165) is 18.8 Å². The molecule has 2 unspecified atom stereocenters. The van der Waals surface area contributed by atoms with Gasteiger partial charge in [0.2, 0.25) is 0 Å². The van der Waals surface area contributed by atoms with Gasteiger partial charge in [0.05, 0.1) is 0 Å². The van der Waals surface area contributed by atoms with Gasteiger partial charge >= 0.3 is 0 Å². The Kier molecular flexibility index (Phi) is 4.39. The standard InChI is InChI=1S/C12H25NO/c1-3-10(2)6-12(8-13,9-14)7-11-4-5-11/h10-11,14H,3-9,13H2,1-2H3. The maximum atomic E-state index is 9.52. The van der Waals surface area contributed by atoms with Crippen LogP contribution in [-0.2, 0) is 0 Å². The largest absolute Gasteiger partial charge is 0.396 e. The molecular formula is C12H25NO. The topological polar surface area (TPSA) is 46.2 Å². The van der Waals surface area contributed by atoms with E-state index in [-0.39, 0.29) is 12.0 Å². The monoisotopic (exact) mass is 199 g/mol. The first-order valence-electron chi connectivity index (χ1n) is 5.96. The second-order valence-electron chi connectivity index (χ2n) is 5.23. The molecule has 0 aromatic rings. The zero-order chi connectivity index (χ0) is 10.6. The Bertz CT molecular complexity index is 162. The molecule has 0 amide bonds. The van der Waals surface area contributed by atoms with Gasteiger partial charge in [0, 0.05) is 18.6 Å². The zero-order valence-corrected chi connectivity index (χ0v) is 9.63. The van der Waals surface area contributed by atoms with Crippen LogP contribution in [0.3, 0.4) is 0 Å². The lowest BCUT2D eigenvalue weighted by molar-refractivity contribution is 0.0894. The van der Waals surface area contributed by atoms with Gasteiger partial charge in [-0.25, -0.2) is 0 Å². The minimum atomic E-state index is 0.0244. The van der Waals surface area contributed by atoms with Crippen molar-refractivity contribution in [2.24, 2.45) is 23.0 Å². The molecule has 2 heteroatoms. The summed E-state index contributed by atoms with van der Waals surface area (Å²) in [6, 6.07) is 0. The Morgan fingerprint density at radius 2 is 2.14 bits per heavy atom. The molecule has 1 aliphatic carbocycles. The smallest absolute Gasteiger partial charge is 0.0499 e. The van der Waals surface area contributed by atoms with Gasteiger partial charge in [-0.3, -0.25) is 0 Å². The van der Waals surface area contributed by atoms with E-state index in [1.807, 2.05) is 0 Å². The van der Waals surface area contributed by atoms with E-state index >= 15 is 0 Å². The molecule has 1 aliphatic rings. The van der Waals surface area contributed by atoms with E-state index in [0.29, 0.717) is 12.5 Å². The van der Waals surface area contributed by atoms with Crippen molar-refractivity contribution in [2.45, 2.75) is 46.0 Å². The molecule has 1 fully saturated rings. The van der Waals surface area contributed by atoms with Crippen LogP contribution in [0, 0.1) is 17.3 Å². The van der Waals surface area contributed by atoms with Gasteiger partial charge < -0.3 is 10.8 Å². The summed E-state index contributed by atoms with van der Waals surface area (Å²) >= 11 is 0. The third kappa shape index (κ3) is 3.25. The fraction of sp³-hybridized carbons (Fsp3) is 1.00. The highest BCUT2D eigenvalue weighted by molar-refractivity contribution is 4.88. The molecule has 84 valence electrons. The fourth-order valence-electron chi connectivity index (χ4n) is 2.26. The summed E-state index contributed by atoms with van der Waals surface area (Å²) in [5, 5.41) is 9.52. The Hall–Kier alpha value is -0.0800. The van der Waals surface area contributed by atoms with Crippen LogP contribution in [-0.4, -0.2) is 18.3 Å². The summed E-state index contributed by atoms with van der Waals surface area (Å²) < 4.78 is 0. The number of hydrogen-bond donors (Lipinski definition) is 2. The number of hydrogen-bond acceptors (Lipinski definition) is 2. The van der Waals surface area contributed by atoms with Crippen LogP contribution in [0.15, 0.2) is 0 Å². The van der Waals surface area contributed by atoms with Crippen LogP contribution in [0.25, 0.3) is 0 Å². The van der Waals surface area contributed by atoms with Gasteiger partial charge in [-0.2, -0.15) is 0 Å². The summed E-state index contributed by atoms with van der Waals surface area (Å²) in [6.45, 7) is 5.38. The molecular weight excluding hydrogens is 174 g/mol. The number of rotatable bonds is 7. The highest BCUT2D eigenvalue weighted by Crippen LogP contribution is 2.43. The normalized spacial score (nSPS) is 23.1. The molecule has 0 aromatic heterocycles. The van der Waals surface area contributed by atoms with E-state index in [2.05, 4.69) is 13.8 Å². The van der Waals surface area contributed by atoms with Crippen molar-refractivity contribution in [3.8, 4) is 0 Å². The van der Waals surface area contributed by atoms with Crippen LogP contribution < -0.4 is 5.73 Å². The maximum Gasteiger partial charge on any atom is 0.0499 e. The molecule has 0 aliphatic heterocycles. The van der Waals surface area contributed by atoms with Gasteiger partial charge in [-0.05, 0) is 24.7 Å². The summed E-state index contributed by atoms with van der Waals surface area (Å²) in [5.74, 6) is 1.54. The van der Waals surface area contributed by atoms with Crippen molar-refractivity contribution < 1.29 is 5.11 Å². The molecule has 0 spiro atoms. The van der Waals surface area contributed by atoms with Crippen molar-refractivity contribution in [1.29, 1.82) is 0 Å². The van der Waals surface area contributed by atoms with Crippen molar-refractivity contribution in [2.75, 3.05) is 13.2 Å². The third-order valence-corrected chi connectivity index (χ3v) is 3.67. The Balaban J connectivity index is 2.48. The average Bonchev–Trinajstić information content (AvgIpc) is 3.00. The molecule has 3 N–H and O–H groups in total. The summed E-state index contributed by atoms with van der Waals surface area (Å²) in [5.41, 5.74) is 5.86. The minimum absolute atomic E-state index is 0.0244. The lowest BCUT2D eigenvalue weighted by atomic mass is 9.75. The molecule has 0 heterocycles. The van der Waals surface area contributed by atoms with Crippen LogP contribution in [0.5, 0.6) is 0 Å². The predicted octanol–water partition coefficient (Wildman–Crippen LogP) is 2.16. The average molecular weight is 199 g/mol. The van der Waals surface area contributed by atoms with Crippen LogP contribution in [0.1, 0.15) is 46.0 Å². The van der Waals surface area contributed by atoms with Gasteiger partial charge in [0.15, 0.2) is 0 Å². The van der Waals surface area contributed by atoms with Crippen LogP contribution in [0.4, 0.5) is 0 Å². The molecule has 14 heavy (non-hydrogen) atoms. The van der Waals surface area contributed by atoms with Gasteiger partial charge in [0.1, 0.15) is 0 Å². The van der Waals surface area contributed by atoms with Crippen molar-refractivity contribution >= 4 is 0 Å². The summed E-state index contributed by atoms with van der Waals surface area (Å²) in [7, 11) is 0. The highest BCUT2D eigenvalue weighted by atomic mass is 16.3. The molecule has 0 bridgehead atoms. The van der Waals surface area contributed by atoms with E-state index in [4.69, 9.17) is 5.73 Å². The van der Waals surface area contributed by atoms with Crippen molar-refractivity contribution in [1.82, 2.24) is 0 Å². The quantitative estimate of drug-likeness (QED) is 0.660. The predicted molar refractivity (Wildman–Crippen MR) is 60.0 cm³/mol. The molecule has 0 saturated heterocycles. The van der Waals surface area contributed by atoms with Gasteiger partial charge in [-0.15, -0.1) is 0 Å². The second-order valence-corrected chi connectivity index (χ2v) is 5.23. The molecule has 2 nitrogen and oxygen atoms in total. The van der Waals surface area contributed by atoms with Crippen LogP contribution >= 0.6 is 0 Å². The highest BCUT2D eigenvalue weighted by Gasteiger charge is 2.36. The van der Waals surface area contributed by atoms with Crippen LogP contribution in [0.2, 0.25) is 0 Å². The molecule has 2 atom stereocenters. The van der Waals surface area contributed by atoms with E-state index in [1.165, 1.54) is 19.3 Å². The Morgan fingerprint density at radius 1 is 1.50 bits per heavy atom. The first-order chi connectivity index (χ1) is 6.65. The maximum absolute atomic E-state index is 9.52. The zero-order valence-electron chi connectivity index (χ0n) is 9.63. The lowest BCUT2D eigenvalue weighted by Gasteiger charge is -2.33. The Morgan fingerprint density at radius 3 is 2.50 bits per heavy atom. The Labute approximate surface area is 87.9 Å². The molecule has 1 saturated carbocycles.